The molecule has 0 atom stereocenters. The van der Waals surface area contributed by atoms with Gasteiger partial charge in [-0.2, -0.15) is 0 Å². The molecule has 0 heterocycles. The van der Waals surface area contributed by atoms with E-state index in [0.717, 1.165) is 17.7 Å². The van der Waals surface area contributed by atoms with Crippen LogP contribution in [0.4, 0.5) is 4.39 Å². The summed E-state index contributed by atoms with van der Waals surface area (Å²) in [5.41, 5.74) is 2.27. The molecule has 0 saturated heterocycles. The Morgan fingerprint density at radius 3 is 2.14 bits per heavy atom. The highest BCUT2D eigenvalue weighted by Crippen LogP contribution is 2.13. The lowest BCUT2D eigenvalue weighted by Gasteiger charge is -2.17. The van der Waals surface area contributed by atoms with E-state index in [1.807, 2.05) is 30.3 Å². The Balaban J connectivity index is 1.61. The lowest BCUT2D eigenvalue weighted by molar-refractivity contribution is 0.0785. The van der Waals surface area contributed by atoms with Crippen molar-refractivity contribution in [2.45, 2.75) is 18.0 Å². The number of halogens is 1. The Kier molecular flexibility index (Phi) is 6.41. The number of rotatable bonds is 7. The highest BCUT2D eigenvalue weighted by Gasteiger charge is 2.15. The van der Waals surface area contributed by atoms with Crippen molar-refractivity contribution >= 4 is 15.9 Å². The molecule has 1 amide bonds. The van der Waals surface area contributed by atoms with Gasteiger partial charge in [0.15, 0.2) is 0 Å². The molecule has 150 valence electrons. The first-order chi connectivity index (χ1) is 13.8. The van der Waals surface area contributed by atoms with E-state index >= 15 is 0 Å². The van der Waals surface area contributed by atoms with Crippen molar-refractivity contribution in [3.8, 4) is 0 Å². The van der Waals surface area contributed by atoms with Crippen molar-refractivity contribution in [2.24, 2.45) is 0 Å². The van der Waals surface area contributed by atoms with Gasteiger partial charge in [0.25, 0.3) is 5.91 Å². The predicted octanol–water partition coefficient (Wildman–Crippen LogP) is 3.58. The quantitative estimate of drug-likeness (QED) is 0.645. The van der Waals surface area contributed by atoms with Crippen LogP contribution in [0.25, 0.3) is 0 Å². The summed E-state index contributed by atoms with van der Waals surface area (Å²) in [6.45, 7) is 0.562. The summed E-state index contributed by atoms with van der Waals surface area (Å²) in [5.74, 6) is -0.617. The van der Waals surface area contributed by atoms with Crippen LogP contribution in [0.2, 0.25) is 0 Å². The van der Waals surface area contributed by atoms with E-state index in [1.54, 1.807) is 36.2 Å². The number of nitrogens with zero attached hydrogens (tertiary/aromatic N) is 1. The zero-order valence-electron chi connectivity index (χ0n) is 15.9. The summed E-state index contributed by atoms with van der Waals surface area (Å²) in [6.07, 6.45) is 0. The number of sulfonamides is 1. The Morgan fingerprint density at radius 2 is 1.52 bits per heavy atom. The normalized spacial score (nSPS) is 11.2. The van der Waals surface area contributed by atoms with E-state index in [9.17, 15) is 17.6 Å². The fourth-order valence-electron chi connectivity index (χ4n) is 2.79. The van der Waals surface area contributed by atoms with Gasteiger partial charge in [-0.1, -0.05) is 42.5 Å². The lowest BCUT2D eigenvalue weighted by Crippen LogP contribution is -2.26. The molecular weight excluding hydrogens is 391 g/mol. The van der Waals surface area contributed by atoms with Crippen molar-refractivity contribution in [1.82, 2.24) is 9.62 Å². The van der Waals surface area contributed by atoms with Crippen molar-refractivity contribution < 1.29 is 17.6 Å². The van der Waals surface area contributed by atoms with Crippen LogP contribution in [0.1, 0.15) is 21.5 Å². The first kappa shape index (κ1) is 20.7. The molecule has 7 heteroatoms. The molecule has 0 aliphatic carbocycles. The van der Waals surface area contributed by atoms with Crippen LogP contribution in [0.3, 0.4) is 0 Å². The molecule has 3 aromatic rings. The molecule has 0 aliphatic heterocycles. The Labute approximate surface area is 169 Å². The van der Waals surface area contributed by atoms with Crippen LogP contribution in [0.15, 0.2) is 83.8 Å². The zero-order chi connectivity index (χ0) is 20.9. The molecule has 0 fully saturated rings. The van der Waals surface area contributed by atoms with Crippen LogP contribution in [0.5, 0.6) is 0 Å². The molecule has 1 N–H and O–H groups in total. The summed E-state index contributed by atoms with van der Waals surface area (Å²) in [4.78, 5) is 14.2. The van der Waals surface area contributed by atoms with Crippen LogP contribution in [-0.2, 0) is 23.1 Å². The van der Waals surface area contributed by atoms with Crippen molar-refractivity contribution in [1.29, 1.82) is 0 Å². The van der Waals surface area contributed by atoms with Gasteiger partial charge in [-0.05, 0) is 47.5 Å². The third-order valence-electron chi connectivity index (χ3n) is 4.40. The molecular formula is C22H21FN2O3S. The minimum Gasteiger partial charge on any atom is -0.337 e. The topological polar surface area (TPSA) is 66.5 Å². The molecule has 0 saturated carbocycles. The number of hydrogen-bond acceptors (Lipinski definition) is 3. The molecule has 0 radical (unpaired) electrons. The molecule has 3 aromatic carbocycles. The molecule has 29 heavy (non-hydrogen) atoms. The number of carbonyl (C=O) groups excluding carboxylic acids is 1. The Bertz CT molecular complexity index is 1070. The van der Waals surface area contributed by atoms with Gasteiger partial charge in [0.1, 0.15) is 5.82 Å². The number of carbonyl (C=O) groups is 1. The molecule has 0 unspecified atom stereocenters. The van der Waals surface area contributed by atoms with Crippen LogP contribution >= 0.6 is 0 Å². The van der Waals surface area contributed by atoms with Gasteiger partial charge in [-0.25, -0.2) is 17.5 Å². The van der Waals surface area contributed by atoms with Gasteiger partial charge in [-0.15, -0.1) is 0 Å². The van der Waals surface area contributed by atoms with E-state index in [1.165, 1.54) is 12.1 Å². The van der Waals surface area contributed by atoms with E-state index in [4.69, 9.17) is 0 Å². The van der Waals surface area contributed by atoms with Crippen molar-refractivity contribution in [2.75, 3.05) is 7.05 Å². The maximum atomic E-state index is 13.0. The van der Waals surface area contributed by atoms with E-state index in [-0.39, 0.29) is 17.3 Å². The highest BCUT2D eigenvalue weighted by molar-refractivity contribution is 7.89. The summed E-state index contributed by atoms with van der Waals surface area (Å²) in [5, 5.41) is 0. The Morgan fingerprint density at radius 1 is 0.897 bits per heavy atom. The maximum absolute atomic E-state index is 13.0. The van der Waals surface area contributed by atoms with E-state index in [2.05, 4.69) is 4.72 Å². The summed E-state index contributed by atoms with van der Waals surface area (Å²) in [6, 6.07) is 21.1. The van der Waals surface area contributed by atoms with Crippen LogP contribution in [0, 0.1) is 5.82 Å². The standard InChI is InChI=1S/C22H21FN2O3S/c1-25(16-18-5-3-2-4-6-18)22(26)19-9-7-17(8-10-19)15-24-29(27,28)21-13-11-20(23)12-14-21/h2-14,24H,15-16H2,1H3. The molecule has 0 spiro atoms. The lowest BCUT2D eigenvalue weighted by atomic mass is 10.1. The average Bonchev–Trinajstić information content (AvgIpc) is 2.73. The molecule has 0 bridgehead atoms. The summed E-state index contributed by atoms with van der Waals surface area (Å²) >= 11 is 0. The number of nitrogens with one attached hydrogen (secondary N) is 1. The zero-order valence-corrected chi connectivity index (χ0v) is 16.7. The van der Waals surface area contributed by atoms with Crippen molar-refractivity contribution in [3.05, 3.63) is 101 Å². The van der Waals surface area contributed by atoms with E-state index < -0.39 is 15.8 Å². The minimum absolute atomic E-state index is 0.00626. The average molecular weight is 412 g/mol. The van der Waals surface area contributed by atoms with Gasteiger partial charge in [0.2, 0.25) is 10.0 Å². The minimum atomic E-state index is -3.74. The largest absolute Gasteiger partial charge is 0.337 e. The number of hydrogen-bond donors (Lipinski definition) is 1. The second-order valence-electron chi connectivity index (χ2n) is 6.62. The van der Waals surface area contributed by atoms with Crippen LogP contribution in [-0.4, -0.2) is 26.3 Å². The smallest absolute Gasteiger partial charge is 0.253 e. The summed E-state index contributed by atoms with van der Waals surface area (Å²) in [7, 11) is -2.01. The van der Waals surface area contributed by atoms with Gasteiger partial charge >= 0.3 is 0 Å². The molecule has 0 aliphatic rings. The first-order valence-electron chi connectivity index (χ1n) is 8.99. The Hall–Kier alpha value is -3.03. The van der Waals surface area contributed by atoms with E-state index in [0.29, 0.717) is 17.7 Å². The van der Waals surface area contributed by atoms with Gasteiger partial charge in [0.05, 0.1) is 4.90 Å². The van der Waals surface area contributed by atoms with Crippen molar-refractivity contribution in [3.63, 3.8) is 0 Å². The highest BCUT2D eigenvalue weighted by atomic mass is 32.2. The summed E-state index contributed by atoms with van der Waals surface area (Å²) < 4.78 is 40.0. The second kappa shape index (κ2) is 8.98. The predicted molar refractivity (Wildman–Crippen MR) is 109 cm³/mol. The third kappa shape index (κ3) is 5.49. The monoisotopic (exact) mass is 412 g/mol. The second-order valence-corrected chi connectivity index (χ2v) is 8.39. The molecule has 0 aromatic heterocycles. The SMILES string of the molecule is CN(Cc1ccccc1)C(=O)c1ccc(CNS(=O)(=O)c2ccc(F)cc2)cc1. The first-order valence-corrected chi connectivity index (χ1v) is 10.5. The molecule has 3 rings (SSSR count). The number of benzene rings is 3. The fourth-order valence-corrected chi connectivity index (χ4v) is 3.81. The maximum Gasteiger partial charge on any atom is 0.253 e. The fraction of sp³-hybridized carbons (Fsp3) is 0.136. The van der Waals surface area contributed by atoms with Gasteiger partial charge < -0.3 is 4.90 Å². The molecule has 5 nitrogen and oxygen atoms in total. The van der Waals surface area contributed by atoms with Gasteiger partial charge in [0, 0.05) is 25.7 Å². The third-order valence-corrected chi connectivity index (χ3v) is 5.82. The number of amides is 1. The van der Waals surface area contributed by atoms with Gasteiger partial charge in [-0.3, -0.25) is 4.79 Å². The van der Waals surface area contributed by atoms with Crippen LogP contribution < -0.4 is 4.72 Å².